The first-order chi connectivity index (χ1) is 30.6. The van der Waals surface area contributed by atoms with Gasteiger partial charge in [-0.1, -0.05) is 94.9 Å². The molecule has 28 nitrogen and oxygen atoms in total. The first-order valence-corrected chi connectivity index (χ1v) is 30.8. The molecule has 8 unspecified atom stereocenters. The van der Waals surface area contributed by atoms with Crippen LogP contribution in [0.25, 0.3) is 0 Å². The number of hydrogen-bond donors (Lipinski definition) is 4. The van der Waals surface area contributed by atoms with Gasteiger partial charge in [0, 0.05) is 0 Å². The van der Waals surface area contributed by atoms with Crippen molar-refractivity contribution >= 4 is 107 Å². The summed E-state index contributed by atoms with van der Waals surface area (Å²) in [6.45, 7) is 0. The molecule has 4 aromatic carbocycles. The van der Waals surface area contributed by atoms with Crippen LogP contribution in [0.2, 0.25) is 20.1 Å². The number of rotatable bonds is 16. The first kappa shape index (κ1) is 75.8. The molecule has 0 saturated carbocycles. The Labute approximate surface area is 464 Å². The van der Waals surface area contributed by atoms with Crippen molar-refractivity contribution in [1.82, 2.24) is 0 Å². The van der Waals surface area contributed by atoms with Crippen molar-refractivity contribution in [3.8, 4) is 23.0 Å². The maximum atomic E-state index is 11.2. The van der Waals surface area contributed by atoms with Gasteiger partial charge in [-0.3, -0.25) is 18.3 Å². The van der Waals surface area contributed by atoms with Gasteiger partial charge in [-0.05, 0) is 78.9 Å². The standard InChI is InChI=1S/4C7H9ClO7P2.3Ti/c4*8-5-3-1-2-4-6(5)15-17(13,14)7(9)16(10,11)12;;;/h4*1-4,7,9H,(H,13,14)(H2,10,11,12);;;/q;;;;3*+4/p-12. The van der Waals surface area contributed by atoms with E-state index < -0.39 is 83.1 Å². The van der Waals surface area contributed by atoms with Crippen LogP contribution in [0.4, 0.5) is 0 Å². The van der Waals surface area contributed by atoms with Gasteiger partial charge >= 0.3 is 65.2 Å². The molecule has 0 aromatic heterocycles. The Morgan fingerprint density at radius 3 is 0.549 bits per heavy atom. The van der Waals surface area contributed by atoms with E-state index in [1.807, 2.05) is 0 Å². The monoisotopic (exact) mass is 1340 g/mol. The Bertz CT molecular complexity index is 2380. The molecule has 8 atom stereocenters. The third-order valence-corrected chi connectivity index (χ3v) is 20.9. The quantitative estimate of drug-likeness (QED) is 0.0685. The number of aliphatic hydroxyl groups excluding tert-OH is 4. The van der Waals surface area contributed by atoms with Crippen LogP contribution in [0.3, 0.4) is 0 Å². The molecular weight excluding hydrogens is 1320 g/mol. The summed E-state index contributed by atoms with van der Waals surface area (Å²) in [5.74, 6) is -1.50. The minimum Gasteiger partial charge on any atom is -0.809 e. The Hall–Kier alpha value is 0.583. The van der Waals surface area contributed by atoms with Crippen molar-refractivity contribution in [2.45, 2.75) is 22.3 Å². The van der Waals surface area contributed by atoms with E-state index in [-0.39, 0.29) is 108 Å². The van der Waals surface area contributed by atoms with E-state index in [0.29, 0.717) is 0 Å². The van der Waals surface area contributed by atoms with Crippen LogP contribution in [0.5, 0.6) is 23.0 Å². The number of aliphatic hydroxyl groups is 4. The average Bonchev–Trinajstić information content (AvgIpc) is 3.19. The van der Waals surface area contributed by atoms with Crippen LogP contribution in [-0.2, 0) is 102 Å². The largest absolute Gasteiger partial charge is 4.00 e. The summed E-state index contributed by atoms with van der Waals surface area (Å²) in [5.41, 5.74) is -12.6. The van der Waals surface area contributed by atoms with E-state index >= 15 is 0 Å². The van der Waals surface area contributed by atoms with E-state index in [2.05, 4.69) is 18.1 Å². The van der Waals surface area contributed by atoms with Gasteiger partial charge in [-0.25, -0.2) is 0 Å². The molecular formula is C28H24Cl4O28P8Ti3. The topological polar surface area (TPSA) is 531 Å². The maximum absolute atomic E-state index is 11.2. The molecule has 0 aliphatic heterocycles. The van der Waals surface area contributed by atoms with Gasteiger partial charge in [-0.2, -0.15) is 0 Å². The van der Waals surface area contributed by atoms with Crippen molar-refractivity contribution in [2.75, 3.05) is 0 Å². The van der Waals surface area contributed by atoms with Crippen LogP contribution < -0.4 is 76.8 Å². The van der Waals surface area contributed by atoms with Crippen LogP contribution in [-0.4, -0.2) is 42.8 Å². The zero-order valence-corrected chi connectivity index (χ0v) is 48.6. The Morgan fingerprint density at radius 2 is 0.437 bits per heavy atom. The molecule has 0 amide bonds. The molecule has 0 radical (unpaired) electrons. The van der Waals surface area contributed by atoms with Gasteiger partial charge in [0.1, 0.15) is 23.0 Å². The second-order valence-electron chi connectivity index (χ2n) is 11.8. The Kier molecular flexibility index (Phi) is 33.4. The van der Waals surface area contributed by atoms with Crippen LogP contribution in [0, 0.1) is 0 Å². The molecule has 0 bridgehead atoms. The Morgan fingerprint density at radius 1 is 0.310 bits per heavy atom. The van der Waals surface area contributed by atoms with Crippen molar-refractivity contribution in [2.24, 2.45) is 0 Å². The summed E-state index contributed by atoms with van der Waals surface area (Å²) in [4.78, 5) is 128. The van der Waals surface area contributed by atoms with Gasteiger partial charge in [0.2, 0.25) is 30.4 Å². The third kappa shape index (κ3) is 26.2. The summed E-state index contributed by atoms with van der Waals surface area (Å²) < 4.78 is 104. The number of benzene rings is 4. The van der Waals surface area contributed by atoms with E-state index in [4.69, 9.17) is 66.8 Å². The first-order valence-electron chi connectivity index (χ1n) is 16.4. The van der Waals surface area contributed by atoms with E-state index in [1.165, 1.54) is 72.8 Å². The zero-order valence-electron chi connectivity index (χ0n) is 33.7. The van der Waals surface area contributed by atoms with Gasteiger partial charge in [0.25, 0.3) is 0 Å². The fourth-order valence-electron chi connectivity index (χ4n) is 3.50. The SMILES string of the molecule is O=P([O-])([O-])C(O)P(=O)([O-])Oc1ccccc1Cl.O=P([O-])([O-])C(O)P(=O)([O-])Oc1ccccc1Cl.O=P([O-])([O-])C(O)P(=O)([O-])Oc1ccccc1Cl.O=P([O-])([O-])C(O)P(=O)([O-])Oc1ccccc1Cl.[Ti+4].[Ti+4].[Ti+4]. The number of para-hydroxylation sites is 4. The van der Waals surface area contributed by atoms with E-state index in [9.17, 15) is 95.2 Å². The molecule has 0 fully saturated rings. The van der Waals surface area contributed by atoms with Crippen molar-refractivity contribution in [3.05, 3.63) is 117 Å². The van der Waals surface area contributed by atoms with Crippen LogP contribution >= 0.6 is 107 Å². The molecule has 71 heavy (non-hydrogen) atoms. The summed E-state index contributed by atoms with van der Waals surface area (Å²) >= 11 is 22.2. The molecule has 384 valence electrons. The van der Waals surface area contributed by atoms with Crippen LogP contribution in [0.1, 0.15) is 0 Å². The minimum absolute atomic E-state index is 0. The molecule has 0 aliphatic carbocycles. The fourth-order valence-corrected chi connectivity index (χ4v) is 12.6. The minimum atomic E-state index is -5.72. The molecule has 0 saturated heterocycles. The van der Waals surface area contributed by atoms with E-state index in [0.717, 1.165) is 24.3 Å². The van der Waals surface area contributed by atoms with Gasteiger partial charge in [0.15, 0.2) is 22.3 Å². The van der Waals surface area contributed by atoms with Gasteiger partial charge in [0.05, 0.1) is 20.1 Å². The predicted molar refractivity (Wildman–Crippen MR) is 213 cm³/mol. The summed E-state index contributed by atoms with van der Waals surface area (Å²) in [5, 5.41) is 34.9. The number of hydrogen-bond acceptors (Lipinski definition) is 28. The Balaban J connectivity index is -0.000000856. The average molecular weight is 1340 g/mol. The van der Waals surface area contributed by atoms with Gasteiger partial charge in [-0.15, -0.1) is 0 Å². The molecule has 43 heteroatoms. The molecule has 0 spiro atoms. The van der Waals surface area contributed by atoms with Gasteiger partial charge < -0.3 is 116 Å². The van der Waals surface area contributed by atoms with E-state index in [1.54, 1.807) is 0 Å². The summed E-state index contributed by atoms with van der Waals surface area (Å²) in [6.07, 6.45) is 0. The summed E-state index contributed by atoms with van der Waals surface area (Å²) in [7, 11) is -44.2. The van der Waals surface area contributed by atoms with Crippen LogP contribution in [0.15, 0.2) is 97.1 Å². The maximum Gasteiger partial charge on any atom is 4.00 e. The van der Waals surface area contributed by atoms with Crippen molar-refractivity contribution in [3.63, 3.8) is 0 Å². The molecule has 4 rings (SSSR count). The molecule has 0 heterocycles. The number of halogens is 4. The predicted octanol–water partition coefficient (Wildman–Crippen LogP) is -2.16. The summed E-state index contributed by atoms with van der Waals surface area (Å²) in [6, 6.07) is 21.1. The normalized spacial score (nSPS) is 16.5. The zero-order chi connectivity index (χ0) is 53.1. The third-order valence-electron chi connectivity index (χ3n) is 6.51. The molecule has 0 aliphatic rings. The van der Waals surface area contributed by atoms with Crippen molar-refractivity contribution < 1.29 is 199 Å². The second kappa shape index (κ2) is 31.2. The molecule has 4 N–H and O–H groups in total. The van der Waals surface area contributed by atoms with Crippen molar-refractivity contribution in [1.29, 1.82) is 0 Å². The second-order valence-corrected chi connectivity index (χ2v) is 28.3. The smallest absolute Gasteiger partial charge is 0.809 e. The fraction of sp³-hybridized carbons (Fsp3) is 0.143. The molecule has 4 aromatic rings.